The van der Waals surface area contributed by atoms with E-state index in [0.29, 0.717) is 17.8 Å². The minimum Gasteiger partial charge on any atom is -0.381 e. The molecular weight excluding hydrogens is 450 g/mol. The molecule has 0 spiro atoms. The van der Waals surface area contributed by atoms with Crippen LogP contribution in [0.4, 0.5) is 0 Å². The minimum atomic E-state index is 0.0902. The number of H-pyrrole nitrogens is 2. The van der Waals surface area contributed by atoms with E-state index in [9.17, 15) is 4.79 Å². The van der Waals surface area contributed by atoms with E-state index in [0.717, 1.165) is 76.2 Å². The van der Waals surface area contributed by atoms with Crippen LogP contribution in [0.25, 0.3) is 17.5 Å². The van der Waals surface area contributed by atoms with E-state index in [-0.39, 0.29) is 11.9 Å². The van der Waals surface area contributed by atoms with Gasteiger partial charge >= 0.3 is 0 Å². The van der Waals surface area contributed by atoms with Gasteiger partial charge in [0.2, 0.25) is 5.91 Å². The molecule has 2 aliphatic carbocycles. The first-order valence-electron chi connectivity index (χ1n) is 13.8. The summed E-state index contributed by atoms with van der Waals surface area (Å²) in [6, 6.07) is 2.32. The Hall–Kier alpha value is -2.38. The lowest BCUT2D eigenvalue weighted by Crippen LogP contribution is -2.43. The van der Waals surface area contributed by atoms with Crippen LogP contribution < -0.4 is 0 Å². The smallest absolute Gasteiger partial charge is 0.223 e. The Morgan fingerprint density at radius 3 is 2.78 bits per heavy atom. The van der Waals surface area contributed by atoms with Crippen LogP contribution >= 0.6 is 0 Å². The van der Waals surface area contributed by atoms with E-state index in [2.05, 4.69) is 66.0 Å². The molecule has 0 saturated carbocycles. The highest BCUT2D eigenvalue weighted by molar-refractivity contribution is 5.78. The van der Waals surface area contributed by atoms with Crippen LogP contribution in [0.3, 0.4) is 0 Å². The number of hydrogen-bond acceptors (Lipinski definition) is 4. The quantitative estimate of drug-likeness (QED) is 0.569. The molecule has 196 valence electrons. The van der Waals surface area contributed by atoms with Gasteiger partial charge in [-0.3, -0.25) is 9.89 Å². The van der Waals surface area contributed by atoms with E-state index in [1.807, 2.05) is 0 Å². The maximum absolute atomic E-state index is 13.5. The van der Waals surface area contributed by atoms with Crippen molar-refractivity contribution >= 4 is 12.0 Å². The van der Waals surface area contributed by atoms with Gasteiger partial charge in [0.15, 0.2) is 0 Å². The predicted molar refractivity (Wildman–Crippen MR) is 144 cm³/mol. The fraction of sp³-hybridized carbons (Fsp3) is 0.655. The second-order valence-corrected chi connectivity index (χ2v) is 12.1. The summed E-state index contributed by atoms with van der Waals surface area (Å²) in [5, 5.41) is 8.04. The fourth-order valence-electron chi connectivity index (χ4n) is 6.08. The Morgan fingerprint density at radius 2 is 2.00 bits per heavy atom. The van der Waals surface area contributed by atoms with Gasteiger partial charge in [0.1, 0.15) is 5.69 Å². The number of aromatic nitrogens is 3. The lowest BCUT2D eigenvalue weighted by molar-refractivity contribution is -0.134. The molecule has 1 unspecified atom stereocenters. The van der Waals surface area contributed by atoms with Crippen LogP contribution in [0.1, 0.15) is 68.5 Å². The van der Waals surface area contributed by atoms with Gasteiger partial charge in [0.25, 0.3) is 0 Å². The van der Waals surface area contributed by atoms with E-state index >= 15 is 0 Å². The standard InChI is InChI=1S/C29H43N5O2/c1-29(2)11-8-23-26(19-29)31-32-28(23)25-17-21-6-7-22(18-24(21)30-25)34(13-5-12-33(3)4)27(35)16-20-9-14-36-15-10-20/h6-7,17,20,22,30H,5,8-16,18-19H2,1-4H3,(H,31,32). The molecular formula is C29H43N5O2. The second kappa shape index (κ2) is 10.5. The topological polar surface area (TPSA) is 77.2 Å². The van der Waals surface area contributed by atoms with Gasteiger partial charge < -0.3 is 19.5 Å². The summed E-state index contributed by atoms with van der Waals surface area (Å²) in [4.78, 5) is 21.5. The molecule has 2 aromatic heterocycles. The van der Waals surface area contributed by atoms with Crippen molar-refractivity contribution in [2.24, 2.45) is 11.3 Å². The van der Waals surface area contributed by atoms with Crippen LogP contribution in [0.15, 0.2) is 12.1 Å². The van der Waals surface area contributed by atoms with Crippen molar-refractivity contribution in [1.29, 1.82) is 0 Å². The number of rotatable bonds is 8. The van der Waals surface area contributed by atoms with Crippen molar-refractivity contribution in [3.63, 3.8) is 0 Å². The van der Waals surface area contributed by atoms with Crippen LogP contribution in [0.2, 0.25) is 0 Å². The SMILES string of the molecule is CN(C)CCCN(C(=O)CC1CCOCC1)C1C=Cc2cc(-c3n[nH]c4c3CCC(C)(C)C4)[nH]c2C1. The van der Waals surface area contributed by atoms with E-state index < -0.39 is 0 Å². The first-order valence-corrected chi connectivity index (χ1v) is 13.8. The average molecular weight is 494 g/mol. The average Bonchev–Trinajstić information content (AvgIpc) is 3.44. The van der Waals surface area contributed by atoms with Gasteiger partial charge in [0.05, 0.1) is 11.7 Å². The molecule has 5 rings (SSSR count). The Morgan fingerprint density at radius 1 is 1.19 bits per heavy atom. The van der Waals surface area contributed by atoms with Gasteiger partial charge in [-0.2, -0.15) is 5.10 Å². The van der Waals surface area contributed by atoms with E-state index in [4.69, 9.17) is 9.84 Å². The molecule has 3 heterocycles. The molecule has 0 bridgehead atoms. The highest BCUT2D eigenvalue weighted by Crippen LogP contribution is 2.38. The highest BCUT2D eigenvalue weighted by atomic mass is 16.5. The molecule has 3 aliphatic rings. The van der Waals surface area contributed by atoms with Crippen LogP contribution in [0, 0.1) is 11.3 Å². The number of nitrogens with zero attached hydrogens (tertiary/aromatic N) is 3. The molecule has 36 heavy (non-hydrogen) atoms. The van der Waals surface area contributed by atoms with Gasteiger partial charge in [-0.1, -0.05) is 26.0 Å². The van der Waals surface area contributed by atoms with Gasteiger partial charge in [-0.05, 0) is 82.1 Å². The third-order valence-electron chi connectivity index (χ3n) is 8.29. The third kappa shape index (κ3) is 5.62. The first-order chi connectivity index (χ1) is 17.3. The number of fused-ring (bicyclic) bond motifs is 2. The second-order valence-electron chi connectivity index (χ2n) is 12.1. The summed E-state index contributed by atoms with van der Waals surface area (Å²) < 4.78 is 5.51. The van der Waals surface area contributed by atoms with Gasteiger partial charge in [0, 0.05) is 49.6 Å². The highest BCUT2D eigenvalue weighted by Gasteiger charge is 2.31. The predicted octanol–water partition coefficient (Wildman–Crippen LogP) is 4.45. The van der Waals surface area contributed by atoms with E-state index in [1.54, 1.807) is 0 Å². The van der Waals surface area contributed by atoms with Crippen molar-refractivity contribution in [3.05, 3.63) is 34.7 Å². The Kier molecular flexibility index (Phi) is 7.40. The summed E-state index contributed by atoms with van der Waals surface area (Å²) >= 11 is 0. The summed E-state index contributed by atoms with van der Waals surface area (Å²) in [6.45, 7) is 8.01. The zero-order valence-corrected chi connectivity index (χ0v) is 22.5. The number of nitrogens with one attached hydrogen (secondary N) is 2. The van der Waals surface area contributed by atoms with Crippen molar-refractivity contribution in [1.82, 2.24) is 25.0 Å². The molecule has 2 N–H and O–H groups in total. The fourth-order valence-corrected chi connectivity index (χ4v) is 6.08. The lowest BCUT2D eigenvalue weighted by atomic mass is 9.76. The van der Waals surface area contributed by atoms with Crippen molar-refractivity contribution in [2.75, 3.05) is 40.4 Å². The number of carbonyl (C=O) groups is 1. The van der Waals surface area contributed by atoms with Gasteiger partial charge in [-0.25, -0.2) is 0 Å². The maximum atomic E-state index is 13.5. The molecule has 1 saturated heterocycles. The monoisotopic (exact) mass is 493 g/mol. The third-order valence-corrected chi connectivity index (χ3v) is 8.29. The summed E-state index contributed by atoms with van der Waals surface area (Å²) in [7, 11) is 4.19. The lowest BCUT2D eigenvalue weighted by Gasteiger charge is -2.33. The largest absolute Gasteiger partial charge is 0.381 e. The summed E-state index contributed by atoms with van der Waals surface area (Å²) in [6.07, 6.45) is 12.2. The Balaban J connectivity index is 1.31. The molecule has 7 heteroatoms. The number of ether oxygens (including phenoxy) is 1. The van der Waals surface area contributed by atoms with Crippen LogP contribution in [0.5, 0.6) is 0 Å². The van der Waals surface area contributed by atoms with Gasteiger partial charge in [-0.15, -0.1) is 0 Å². The van der Waals surface area contributed by atoms with Crippen molar-refractivity contribution in [3.8, 4) is 11.4 Å². The summed E-state index contributed by atoms with van der Waals surface area (Å²) in [5.74, 6) is 0.730. The number of amides is 1. The molecule has 1 amide bonds. The minimum absolute atomic E-state index is 0.0902. The van der Waals surface area contributed by atoms with Crippen LogP contribution in [-0.4, -0.2) is 77.3 Å². The number of carbonyl (C=O) groups excluding carboxylic acids is 1. The maximum Gasteiger partial charge on any atom is 0.223 e. The molecule has 7 nitrogen and oxygen atoms in total. The van der Waals surface area contributed by atoms with Crippen molar-refractivity contribution in [2.45, 2.75) is 71.3 Å². The Labute approximate surface area is 215 Å². The molecule has 0 aromatic carbocycles. The van der Waals surface area contributed by atoms with E-state index in [1.165, 1.54) is 28.9 Å². The molecule has 0 radical (unpaired) electrons. The Bertz CT molecular complexity index is 1090. The zero-order chi connectivity index (χ0) is 25.3. The molecule has 1 atom stereocenters. The number of hydrogen-bond donors (Lipinski definition) is 2. The molecule has 2 aromatic rings. The number of aromatic amines is 2. The normalized spacial score (nSPS) is 21.4. The van der Waals surface area contributed by atoms with Crippen LogP contribution in [-0.2, 0) is 28.8 Å². The summed E-state index contributed by atoms with van der Waals surface area (Å²) in [5.41, 5.74) is 7.57. The molecule has 1 aliphatic heterocycles. The van der Waals surface area contributed by atoms with Crippen molar-refractivity contribution < 1.29 is 9.53 Å². The zero-order valence-electron chi connectivity index (χ0n) is 22.5. The first kappa shape index (κ1) is 25.3. The molecule has 1 fully saturated rings.